The van der Waals surface area contributed by atoms with E-state index in [0.29, 0.717) is 11.4 Å². The quantitative estimate of drug-likeness (QED) is 0.349. The normalized spacial score (nSPS) is 11.7. The topological polar surface area (TPSA) is 75.3 Å². The number of benzene rings is 3. The number of hydrogen-bond acceptors (Lipinski definition) is 5. The highest BCUT2D eigenvalue weighted by Gasteiger charge is 2.26. The first-order valence-corrected chi connectivity index (χ1v) is 9.22. The first kappa shape index (κ1) is 17.5. The second-order valence-electron chi connectivity index (χ2n) is 7.06. The van der Waals surface area contributed by atoms with Crippen LogP contribution in [0.5, 0.6) is 0 Å². The van der Waals surface area contributed by atoms with Crippen LogP contribution in [0, 0.1) is 28.8 Å². The molecule has 0 saturated carbocycles. The lowest BCUT2D eigenvalue weighted by Crippen LogP contribution is -2.02. The van der Waals surface area contributed by atoms with Gasteiger partial charge in [-0.05, 0) is 17.5 Å². The molecule has 146 valence electrons. The molecule has 0 unspecified atom stereocenters. The van der Waals surface area contributed by atoms with Gasteiger partial charge in [-0.25, -0.2) is 33.1 Å². The van der Waals surface area contributed by atoms with Crippen LogP contribution in [0.15, 0.2) is 48.5 Å². The molecule has 0 N–H and O–H groups in total. The zero-order valence-electron chi connectivity index (χ0n) is 15.5. The van der Waals surface area contributed by atoms with E-state index in [1.807, 2.05) is 42.5 Å². The monoisotopic (exact) mass is 411 g/mol. The van der Waals surface area contributed by atoms with Gasteiger partial charge in [0.05, 0.1) is 11.4 Å². The van der Waals surface area contributed by atoms with E-state index in [2.05, 4.69) is 19.9 Å². The van der Waals surface area contributed by atoms with Gasteiger partial charge in [0.15, 0.2) is 34.4 Å². The first-order valence-electron chi connectivity index (χ1n) is 9.22. The summed E-state index contributed by atoms with van der Waals surface area (Å²) in [6.45, 7) is 0. The number of nitrogens with zero attached hydrogens (tertiary/aromatic N) is 5. The molecular weight excluding hydrogens is 403 g/mol. The van der Waals surface area contributed by atoms with Crippen LogP contribution in [0.25, 0.3) is 55.8 Å². The maximum absolute atomic E-state index is 13.8. The molecule has 0 fully saturated rings. The number of nitriles is 1. The van der Waals surface area contributed by atoms with Crippen LogP contribution in [-0.2, 0) is 0 Å². The molecule has 5 nitrogen and oxygen atoms in total. The minimum atomic E-state index is -1.60. The highest BCUT2D eigenvalue weighted by Crippen LogP contribution is 2.45. The Bertz CT molecular complexity index is 1610. The largest absolute Gasteiger partial charge is 0.223 e. The van der Waals surface area contributed by atoms with Gasteiger partial charge >= 0.3 is 0 Å². The molecule has 0 aliphatic heterocycles. The van der Waals surface area contributed by atoms with Crippen molar-refractivity contribution in [3.8, 4) is 39.8 Å². The van der Waals surface area contributed by atoms with Gasteiger partial charge in [0.25, 0.3) is 0 Å². The van der Waals surface area contributed by atoms with E-state index in [1.54, 1.807) is 0 Å². The Labute approximate surface area is 172 Å². The van der Waals surface area contributed by atoms with Crippen LogP contribution < -0.4 is 0 Å². The number of halogens is 3. The summed E-state index contributed by atoms with van der Waals surface area (Å²) >= 11 is 0. The van der Waals surface area contributed by atoms with E-state index in [0.717, 1.165) is 34.0 Å². The Morgan fingerprint density at radius 3 is 1.84 bits per heavy atom. The Morgan fingerprint density at radius 1 is 0.710 bits per heavy atom. The van der Waals surface area contributed by atoms with Crippen molar-refractivity contribution in [3.05, 3.63) is 71.7 Å². The van der Waals surface area contributed by atoms with E-state index >= 15 is 0 Å². The third-order valence-electron chi connectivity index (χ3n) is 5.30. The molecule has 8 heteroatoms. The van der Waals surface area contributed by atoms with Crippen molar-refractivity contribution < 1.29 is 13.2 Å². The van der Waals surface area contributed by atoms with E-state index in [1.165, 1.54) is 0 Å². The highest BCUT2D eigenvalue weighted by molar-refractivity contribution is 6.13. The van der Waals surface area contributed by atoms with Crippen LogP contribution in [0.1, 0.15) is 5.69 Å². The molecule has 6 rings (SSSR count). The summed E-state index contributed by atoms with van der Waals surface area (Å²) in [6, 6.07) is 15.1. The standard InChI is InChI=1S/C23H8F3N5/c24-14-7-11(8-15(25)18(14)26)19-16(9-27)28-22-23(29-19)31-21-13-6-2-4-10-3-1-5-12(17(10)13)20(21)30-22/h1-8H. The molecule has 0 spiro atoms. The summed E-state index contributed by atoms with van der Waals surface area (Å²) < 4.78 is 40.9. The van der Waals surface area contributed by atoms with Crippen molar-refractivity contribution in [1.29, 1.82) is 5.26 Å². The summed E-state index contributed by atoms with van der Waals surface area (Å²) in [5.41, 5.74) is 2.87. The molecule has 3 aromatic carbocycles. The summed E-state index contributed by atoms with van der Waals surface area (Å²) in [4.78, 5) is 17.7. The summed E-state index contributed by atoms with van der Waals surface area (Å²) in [5.74, 6) is -4.37. The van der Waals surface area contributed by atoms with E-state index in [9.17, 15) is 18.4 Å². The van der Waals surface area contributed by atoms with Crippen molar-refractivity contribution in [2.45, 2.75) is 0 Å². The van der Waals surface area contributed by atoms with Gasteiger partial charge in [-0.1, -0.05) is 36.4 Å². The molecule has 1 aliphatic carbocycles. The van der Waals surface area contributed by atoms with Crippen molar-refractivity contribution >= 4 is 22.1 Å². The Morgan fingerprint density at radius 2 is 1.26 bits per heavy atom. The Balaban J connectivity index is 1.65. The van der Waals surface area contributed by atoms with Gasteiger partial charge in [-0.15, -0.1) is 0 Å². The number of fused-ring (bicyclic) bond motifs is 4. The predicted molar refractivity (Wildman–Crippen MR) is 107 cm³/mol. The van der Waals surface area contributed by atoms with Gasteiger partial charge in [-0.2, -0.15) is 5.26 Å². The van der Waals surface area contributed by atoms with Crippen molar-refractivity contribution in [3.63, 3.8) is 0 Å². The SMILES string of the molecule is N#Cc1nc2nc3c(nc2nc1-c1cc(F)c(F)c(F)c1)-c1cccc2cccc-3c12. The molecule has 31 heavy (non-hydrogen) atoms. The zero-order valence-corrected chi connectivity index (χ0v) is 15.5. The third-order valence-corrected chi connectivity index (χ3v) is 5.30. The van der Waals surface area contributed by atoms with Gasteiger partial charge in [0.1, 0.15) is 11.8 Å². The smallest absolute Gasteiger partial charge is 0.199 e. The summed E-state index contributed by atoms with van der Waals surface area (Å²) in [5, 5.41) is 11.6. The molecule has 0 bridgehead atoms. The minimum Gasteiger partial charge on any atom is -0.223 e. The van der Waals surface area contributed by atoms with Crippen molar-refractivity contribution in [1.82, 2.24) is 19.9 Å². The molecule has 2 heterocycles. The van der Waals surface area contributed by atoms with Crippen molar-refractivity contribution in [2.24, 2.45) is 0 Å². The molecule has 5 aromatic rings. The molecule has 2 aromatic heterocycles. The van der Waals surface area contributed by atoms with Crippen LogP contribution in [0.3, 0.4) is 0 Å². The van der Waals surface area contributed by atoms with Crippen molar-refractivity contribution in [2.75, 3.05) is 0 Å². The molecule has 0 amide bonds. The van der Waals surface area contributed by atoms with Gasteiger partial charge in [-0.3, -0.25) is 0 Å². The van der Waals surface area contributed by atoms with Crippen LogP contribution in [-0.4, -0.2) is 19.9 Å². The van der Waals surface area contributed by atoms with E-state index in [4.69, 9.17) is 0 Å². The van der Waals surface area contributed by atoms with Crippen LogP contribution >= 0.6 is 0 Å². The summed E-state index contributed by atoms with van der Waals surface area (Å²) in [6.07, 6.45) is 0. The maximum atomic E-state index is 13.8. The number of hydrogen-bond donors (Lipinski definition) is 0. The lowest BCUT2D eigenvalue weighted by Gasteiger charge is -2.07. The van der Waals surface area contributed by atoms with E-state index in [-0.39, 0.29) is 28.2 Å². The average molecular weight is 411 g/mol. The maximum Gasteiger partial charge on any atom is 0.199 e. The number of rotatable bonds is 1. The average Bonchev–Trinajstić information content (AvgIpc) is 3.09. The van der Waals surface area contributed by atoms with E-state index < -0.39 is 17.5 Å². The molecule has 0 atom stereocenters. The zero-order chi connectivity index (χ0) is 21.3. The molecule has 0 radical (unpaired) electrons. The Hall–Kier alpha value is -4.38. The predicted octanol–water partition coefficient (Wildman–Crippen LogP) is 5.18. The highest BCUT2D eigenvalue weighted by atomic mass is 19.2. The fourth-order valence-corrected chi connectivity index (χ4v) is 3.97. The fraction of sp³-hybridized carbons (Fsp3) is 0. The van der Waals surface area contributed by atoms with Crippen LogP contribution in [0.2, 0.25) is 0 Å². The van der Waals surface area contributed by atoms with Gasteiger partial charge in [0.2, 0.25) is 0 Å². The molecular formula is C23H8F3N5. The molecule has 1 aliphatic rings. The molecule has 0 saturated heterocycles. The Kier molecular flexibility index (Phi) is 3.42. The van der Waals surface area contributed by atoms with Gasteiger partial charge in [0, 0.05) is 22.1 Å². The van der Waals surface area contributed by atoms with Crippen LogP contribution in [0.4, 0.5) is 13.2 Å². The summed E-state index contributed by atoms with van der Waals surface area (Å²) in [7, 11) is 0. The van der Waals surface area contributed by atoms with Gasteiger partial charge < -0.3 is 0 Å². The third kappa shape index (κ3) is 2.37. The lowest BCUT2D eigenvalue weighted by molar-refractivity contribution is 0.447. The first-order chi connectivity index (χ1) is 15.0. The lowest BCUT2D eigenvalue weighted by atomic mass is 10.0. The second kappa shape index (κ2) is 6.06. The number of aromatic nitrogens is 4. The second-order valence-corrected chi connectivity index (χ2v) is 7.06. The fourth-order valence-electron chi connectivity index (χ4n) is 3.97. The minimum absolute atomic E-state index is 0.101.